The highest BCUT2D eigenvalue weighted by atomic mass is 16.6. The molecule has 7 nitrogen and oxygen atoms in total. The van der Waals surface area contributed by atoms with Gasteiger partial charge in [0, 0.05) is 16.7 Å². The molecule has 4 rings (SSSR count). The second-order valence-electron chi connectivity index (χ2n) is 7.51. The molecule has 170 valence electrons. The van der Waals surface area contributed by atoms with Crippen molar-refractivity contribution in [3.8, 4) is 39.9 Å². The third-order valence-corrected chi connectivity index (χ3v) is 4.82. The molecule has 0 aliphatic heterocycles. The Morgan fingerprint density at radius 1 is 0.647 bits per heavy atom. The van der Waals surface area contributed by atoms with Gasteiger partial charge in [0.25, 0.3) is 0 Å². The Balaban J connectivity index is 1.52. The highest BCUT2D eigenvalue weighted by Crippen LogP contribution is 2.25. The summed E-state index contributed by atoms with van der Waals surface area (Å²) < 4.78 is 10.6. The van der Waals surface area contributed by atoms with Crippen molar-refractivity contribution in [3.63, 3.8) is 0 Å². The van der Waals surface area contributed by atoms with Gasteiger partial charge >= 0.3 is 5.97 Å². The van der Waals surface area contributed by atoms with Gasteiger partial charge in [-0.1, -0.05) is 60.7 Å². The molecule has 0 spiro atoms. The molecular formula is C27H23N3O4. The van der Waals surface area contributed by atoms with Crippen LogP contribution >= 0.6 is 0 Å². The van der Waals surface area contributed by atoms with Crippen molar-refractivity contribution in [1.82, 2.24) is 15.0 Å². The lowest BCUT2D eigenvalue weighted by atomic mass is 10.1. The number of nitrogens with zero attached hydrogens (tertiary/aromatic N) is 3. The summed E-state index contributed by atoms with van der Waals surface area (Å²) in [6, 6.07) is 26.9. The van der Waals surface area contributed by atoms with Gasteiger partial charge in [-0.2, -0.15) is 0 Å². The summed E-state index contributed by atoms with van der Waals surface area (Å²) in [4.78, 5) is 36.4. The van der Waals surface area contributed by atoms with E-state index in [1.165, 1.54) is 6.92 Å². The summed E-state index contributed by atoms with van der Waals surface area (Å²) >= 11 is 0. The first kappa shape index (κ1) is 22.8. The molecule has 0 saturated heterocycles. The van der Waals surface area contributed by atoms with Crippen LogP contribution in [0, 0.1) is 0 Å². The molecule has 0 N–H and O–H groups in total. The first-order valence-electron chi connectivity index (χ1n) is 10.8. The molecule has 0 amide bonds. The second kappa shape index (κ2) is 11.0. The van der Waals surface area contributed by atoms with Gasteiger partial charge in [-0.25, -0.2) is 15.0 Å². The van der Waals surface area contributed by atoms with Gasteiger partial charge < -0.3 is 9.47 Å². The van der Waals surface area contributed by atoms with Gasteiger partial charge in [-0.15, -0.1) is 0 Å². The minimum atomic E-state index is -0.551. The zero-order valence-electron chi connectivity index (χ0n) is 18.7. The quantitative estimate of drug-likeness (QED) is 0.205. The maximum absolute atomic E-state index is 11.4. The molecule has 0 aliphatic carbocycles. The van der Waals surface area contributed by atoms with E-state index in [0.717, 1.165) is 16.7 Å². The highest BCUT2D eigenvalue weighted by molar-refractivity contribution is 5.94. The average molecular weight is 453 g/mol. The predicted octanol–water partition coefficient (Wildman–Crippen LogP) is 4.77. The van der Waals surface area contributed by atoms with E-state index >= 15 is 0 Å². The van der Waals surface area contributed by atoms with Crippen LogP contribution in [0.3, 0.4) is 0 Å². The van der Waals surface area contributed by atoms with Crippen LogP contribution in [-0.4, -0.2) is 39.9 Å². The molecule has 1 aromatic heterocycles. The Morgan fingerprint density at radius 2 is 1.12 bits per heavy atom. The topological polar surface area (TPSA) is 91.3 Å². The fourth-order valence-electron chi connectivity index (χ4n) is 3.21. The molecule has 4 aromatic rings. The van der Waals surface area contributed by atoms with Crippen LogP contribution < -0.4 is 4.74 Å². The first-order valence-corrected chi connectivity index (χ1v) is 10.8. The van der Waals surface area contributed by atoms with Crippen molar-refractivity contribution in [3.05, 3.63) is 84.9 Å². The smallest absolute Gasteiger partial charge is 0.313 e. The Kier molecular flexibility index (Phi) is 7.35. The lowest BCUT2D eigenvalue weighted by molar-refractivity contribution is -0.146. The highest BCUT2D eigenvalue weighted by Gasteiger charge is 2.12. The number of aromatic nitrogens is 3. The van der Waals surface area contributed by atoms with Crippen LogP contribution in [0.2, 0.25) is 0 Å². The summed E-state index contributed by atoms with van der Waals surface area (Å²) in [6.45, 7) is 1.60. The van der Waals surface area contributed by atoms with E-state index in [1.54, 1.807) is 12.1 Å². The van der Waals surface area contributed by atoms with E-state index in [9.17, 15) is 9.59 Å². The first-order chi connectivity index (χ1) is 16.6. The molecule has 1 heterocycles. The number of hydrogen-bond donors (Lipinski definition) is 0. The van der Waals surface area contributed by atoms with E-state index < -0.39 is 5.97 Å². The number of esters is 1. The molecule has 0 saturated carbocycles. The normalized spacial score (nSPS) is 10.5. The van der Waals surface area contributed by atoms with Crippen LogP contribution in [-0.2, 0) is 14.3 Å². The van der Waals surface area contributed by atoms with Crippen molar-refractivity contribution < 1.29 is 19.1 Å². The largest absolute Gasteiger partial charge is 0.490 e. The third-order valence-electron chi connectivity index (χ3n) is 4.82. The van der Waals surface area contributed by atoms with E-state index in [2.05, 4.69) is 4.98 Å². The number of carbonyl (C=O) groups is 2. The number of rotatable bonds is 9. The third kappa shape index (κ3) is 6.10. The van der Waals surface area contributed by atoms with E-state index in [0.29, 0.717) is 23.2 Å². The lowest BCUT2D eigenvalue weighted by Crippen LogP contribution is -2.14. The second-order valence-corrected chi connectivity index (χ2v) is 7.51. The SMILES string of the molecule is CC(=O)CC(=O)OCCOc1ccc(-c2nc(-c3ccccc3)nc(-c3ccccc3)n2)cc1. The minimum Gasteiger partial charge on any atom is -0.490 e. The van der Waals surface area contributed by atoms with E-state index in [1.807, 2.05) is 72.8 Å². The predicted molar refractivity (Wildman–Crippen MR) is 128 cm³/mol. The summed E-state index contributed by atoms with van der Waals surface area (Å²) in [5.41, 5.74) is 2.63. The Hall–Kier alpha value is -4.39. The molecule has 0 radical (unpaired) electrons. The average Bonchev–Trinajstić information content (AvgIpc) is 2.87. The summed E-state index contributed by atoms with van der Waals surface area (Å²) in [5, 5.41) is 0. The van der Waals surface area contributed by atoms with Crippen molar-refractivity contribution >= 4 is 11.8 Å². The zero-order valence-corrected chi connectivity index (χ0v) is 18.7. The van der Waals surface area contributed by atoms with Gasteiger partial charge in [0.05, 0.1) is 0 Å². The molecule has 0 bridgehead atoms. The molecule has 0 aliphatic rings. The number of Topliss-reactive ketones (excluding diaryl/α,β-unsaturated/α-hetero) is 1. The van der Waals surface area contributed by atoms with Crippen molar-refractivity contribution in [2.75, 3.05) is 13.2 Å². The fourth-order valence-corrected chi connectivity index (χ4v) is 3.21. The van der Waals surface area contributed by atoms with Crippen molar-refractivity contribution in [2.45, 2.75) is 13.3 Å². The van der Waals surface area contributed by atoms with E-state index in [-0.39, 0.29) is 25.4 Å². The number of benzene rings is 3. The molecule has 34 heavy (non-hydrogen) atoms. The van der Waals surface area contributed by atoms with Gasteiger partial charge in [0.2, 0.25) is 0 Å². The number of ketones is 1. The maximum Gasteiger partial charge on any atom is 0.313 e. The van der Waals surface area contributed by atoms with Crippen LogP contribution in [0.5, 0.6) is 5.75 Å². The number of hydrogen-bond acceptors (Lipinski definition) is 7. The fraction of sp³-hybridized carbons (Fsp3) is 0.148. The number of carbonyl (C=O) groups excluding carboxylic acids is 2. The van der Waals surface area contributed by atoms with Crippen LogP contribution in [0.15, 0.2) is 84.9 Å². The molecule has 3 aromatic carbocycles. The monoisotopic (exact) mass is 453 g/mol. The van der Waals surface area contributed by atoms with Gasteiger partial charge in [-0.3, -0.25) is 9.59 Å². The molecule has 0 fully saturated rings. The van der Waals surface area contributed by atoms with E-state index in [4.69, 9.17) is 19.4 Å². The molecule has 0 unspecified atom stereocenters. The van der Waals surface area contributed by atoms with Gasteiger partial charge in [0.1, 0.15) is 31.2 Å². The van der Waals surface area contributed by atoms with Gasteiger partial charge in [-0.05, 0) is 31.2 Å². The Bertz CT molecular complexity index is 1200. The molecule has 7 heteroatoms. The molecule has 0 atom stereocenters. The summed E-state index contributed by atoms with van der Waals surface area (Å²) in [7, 11) is 0. The Labute approximate surface area is 197 Å². The van der Waals surface area contributed by atoms with Crippen LogP contribution in [0.25, 0.3) is 34.2 Å². The number of ether oxygens (including phenoxy) is 2. The summed E-state index contributed by atoms with van der Waals surface area (Å²) in [6.07, 6.45) is -0.226. The standard InChI is InChI=1S/C27H23N3O4/c1-19(31)18-24(32)34-17-16-33-23-14-12-22(13-15-23)27-29-25(20-8-4-2-5-9-20)28-26(30-27)21-10-6-3-7-11-21/h2-15H,16-18H2,1H3. The van der Waals surface area contributed by atoms with Crippen LogP contribution in [0.1, 0.15) is 13.3 Å². The summed E-state index contributed by atoms with van der Waals surface area (Å²) in [5.74, 6) is 1.58. The maximum atomic E-state index is 11.4. The zero-order chi connectivity index (χ0) is 23.8. The minimum absolute atomic E-state index is 0.0716. The Morgan fingerprint density at radius 3 is 1.59 bits per heavy atom. The van der Waals surface area contributed by atoms with Gasteiger partial charge in [0.15, 0.2) is 17.5 Å². The molecular weight excluding hydrogens is 430 g/mol. The lowest BCUT2D eigenvalue weighted by Gasteiger charge is -2.10. The van der Waals surface area contributed by atoms with Crippen LogP contribution in [0.4, 0.5) is 0 Å². The van der Waals surface area contributed by atoms with Crippen molar-refractivity contribution in [1.29, 1.82) is 0 Å². The van der Waals surface area contributed by atoms with Crippen molar-refractivity contribution in [2.24, 2.45) is 0 Å².